The first kappa shape index (κ1) is 11.8. The van der Waals surface area contributed by atoms with E-state index in [2.05, 4.69) is 6.07 Å². The number of hydrogen-bond donors (Lipinski definition) is 0. The molecule has 0 fully saturated rings. The summed E-state index contributed by atoms with van der Waals surface area (Å²) in [6, 6.07) is 2.06. The molecule has 12 heavy (non-hydrogen) atoms. The SMILES string of the molecule is CCOCCOCCSCC#N. The van der Waals surface area contributed by atoms with Crippen LogP contribution in [0.4, 0.5) is 0 Å². The third kappa shape index (κ3) is 9.76. The highest BCUT2D eigenvalue weighted by molar-refractivity contribution is 7.99. The third-order valence-corrected chi connectivity index (χ3v) is 1.90. The fraction of sp³-hybridized carbons (Fsp3) is 0.875. The predicted molar refractivity (Wildman–Crippen MR) is 50.3 cm³/mol. The molecule has 0 heterocycles. The minimum atomic E-state index is 0.550. The Kier molecular flexibility index (Phi) is 10.5. The van der Waals surface area contributed by atoms with Gasteiger partial charge in [0.2, 0.25) is 0 Å². The summed E-state index contributed by atoms with van der Waals surface area (Å²) in [5.74, 6) is 1.44. The molecule has 3 nitrogen and oxygen atoms in total. The lowest BCUT2D eigenvalue weighted by atomic mass is 10.7. The zero-order valence-electron chi connectivity index (χ0n) is 7.41. The van der Waals surface area contributed by atoms with Gasteiger partial charge < -0.3 is 9.47 Å². The van der Waals surface area contributed by atoms with Crippen LogP contribution in [-0.2, 0) is 9.47 Å². The maximum atomic E-state index is 8.21. The second-order valence-electron chi connectivity index (χ2n) is 2.02. The van der Waals surface area contributed by atoms with Crippen LogP contribution < -0.4 is 0 Å². The fourth-order valence-corrected chi connectivity index (χ4v) is 1.07. The lowest BCUT2D eigenvalue weighted by molar-refractivity contribution is 0.0594. The monoisotopic (exact) mass is 189 g/mol. The largest absolute Gasteiger partial charge is 0.379 e. The number of nitrogens with zero attached hydrogens (tertiary/aromatic N) is 1. The van der Waals surface area contributed by atoms with Gasteiger partial charge in [0, 0.05) is 12.4 Å². The van der Waals surface area contributed by atoms with Crippen molar-refractivity contribution < 1.29 is 9.47 Å². The lowest BCUT2D eigenvalue weighted by Crippen LogP contribution is -2.06. The summed E-state index contributed by atoms with van der Waals surface area (Å²) in [5.41, 5.74) is 0. The van der Waals surface area contributed by atoms with Crippen molar-refractivity contribution in [3.63, 3.8) is 0 Å². The van der Waals surface area contributed by atoms with Gasteiger partial charge in [0.1, 0.15) is 0 Å². The van der Waals surface area contributed by atoms with Crippen molar-refractivity contribution in [2.75, 3.05) is 37.9 Å². The molecule has 0 amide bonds. The van der Waals surface area contributed by atoms with Crippen molar-refractivity contribution >= 4 is 11.8 Å². The van der Waals surface area contributed by atoms with Crippen LogP contribution in [0, 0.1) is 11.3 Å². The first-order chi connectivity index (χ1) is 5.91. The van der Waals surface area contributed by atoms with Gasteiger partial charge in [-0.1, -0.05) is 0 Å². The maximum absolute atomic E-state index is 8.21. The predicted octanol–water partition coefficient (Wildman–Crippen LogP) is 1.30. The van der Waals surface area contributed by atoms with Crippen molar-refractivity contribution in [1.29, 1.82) is 5.26 Å². The molecular formula is C8H15NO2S. The molecule has 70 valence electrons. The molecule has 0 radical (unpaired) electrons. The molecule has 0 saturated carbocycles. The molecule has 0 aliphatic heterocycles. The maximum Gasteiger partial charge on any atom is 0.0808 e. The molecule has 0 spiro atoms. The zero-order chi connectivity index (χ0) is 9.07. The molecule has 0 N–H and O–H groups in total. The van der Waals surface area contributed by atoms with E-state index in [1.54, 1.807) is 11.8 Å². The standard InChI is InChI=1S/C8H15NO2S/c1-2-10-4-5-11-6-8-12-7-3-9/h2,4-8H2,1H3. The van der Waals surface area contributed by atoms with Gasteiger partial charge >= 0.3 is 0 Å². The third-order valence-electron chi connectivity index (χ3n) is 1.11. The average molecular weight is 189 g/mol. The highest BCUT2D eigenvalue weighted by Gasteiger charge is 1.89. The van der Waals surface area contributed by atoms with Crippen molar-refractivity contribution in [3.8, 4) is 6.07 Å². The zero-order valence-corrected chi connectivity index (χ0v) is 8.23. The first-order valence-electron chi connectivity index (χ1n) is 4.02. The van der Waals surface area contributed by atoms with Gasteiger partial charge in [-0.25, -0.2) is 0 Å². The van der Waals surface area contributed by atoms with E-state index < -0.39 is 0 Å². The van der Waals surface area contributed by atoms with E-state index in [-0.39, 0.29) is 0 Å². The number of ether oxygens (including phenoxy) is 2. The van der Waals surface area contributed by atoms with Crippen molar-refractivity contribution in [2.24, 2.45) is 0 Å². The van der Waals surface area contributed by atoms with Crippen LogP contribution in [0.3, 0.4) is 0 Å². The minimum absolute atomic E-state index is 0.550. The lowest BCUT2D eigenvalue weighted by Gasteiger charge is -2.02. The van der Waals surface area contributed by atoms with Crippen LogP contribution in [0.1, 0.15) is 6.92 Å². The highest BCUT2D eigenvalue weighted by Crippen LogP contribution is 1.96. The molecule has 0 rings (SSSR count). The van der Waals surface area contributed by atoms with Crippen LogP contribution in [0.25, 0.3) is 0 Å². The number of thioether (sulfide) groups is 1. The van der Waals surface area contributed by atoms with Crippen molar-refractivity contribution in [2.45, 2.75) is 6.92 Å². The van der Waals surface area contributed by atoms with E-state index in [0.717, 1.165) is 12.4 Å². The van der Waals surface area contributed by atoms with Crippen molar-refractivity contribution in [3.05, 3.63) is 0 Å². The quantitative estimate of drug-likeness (QED) is 0.540. The molecule has 0 atom stereocenters. The summed E-state index contributed by atoms with van der Waals surface area (Å²) in [4.78, 5) is 0. The number of nitriles is 1. The highest BCUT2D eigenvalue weighted by atomic mass is 32.2. The Hall–Kier alpha value is -0.240. The normalized spacial score (nSPS) is 9.67. The van der Waals surface area contributed by atoms with E-state index in [0.29, 0.717) is 25.6 Å². The second kappa shape index (κ2) is 10.8. The Morgan fingerprint density at radius 3 is 2.67 bits per heavy atom. The molecule has 0 aliphatic rings. The molecule has 0 saturated heterocycles. The Balaban J connectivity index is 2.78. The molecule has 0 aromatic rings. The Labute approximate surface area is 78.0 Å². The Morgan fingerprint density at radius 1 is 1.25 bits per heavy atom. The first-order valence-corrected chi connectivity index (χ1v) is 5.17. The van der Waals surface area contributed by atoms with E-state index >= 15 is 0 Å². The van der Waals surface area contributed by atoms with E-state index in [9.17, 15) is 0 Å². The molecule has 0 aromatic carbocycles. The van der Waals surface area contributed by atoms with Gasteiger partial charge in [-0.2, -0.15) is 5.26 Å². The minimum Gasteiger partial charge on any atom is -0.379 e. The second-order valence-corrected chi connectivity index (χ2v) is 3.13. The fourth-order valence-electron chi connectivity index (χ4n) is 0.600. The van der Waals surface area contributed by atoms with Crippen LogP contribution in [0.15, 0.2) is 0 Å². The Morgan fingerprint density at radius 2 is 2.00 bits per heavy atom. The van der Waals surface area contributed by atoms with Gasteiger partial charge in [0.05, 0.1) is 31.6 Å². The van der Waals surface area contributed by atoms with Crippen molar-refractivity contribution in [1.82, 2.24) is 0 Å². The van der Waals surface area contributed by atoms with Crippen LogP contribution in [0.5, 0.6) is 0 Å². The molecule has 0 bridgehead atoms. The van der Waals surface area contributed by atoms with Gasteiger partial charge in [-0.3, -0.25) is 0 Å². The molecule has 0 unspecified atom stereocenters. The summed E-state index contributed by atoms with van der Waals surface area (Å²) in [7, 11) is 0. The smallest absolute Gasteiger partial charge is 0.0808 e. The average Bonchev–Trinajstić information content (AvgIpc) is 2.10. The summed E-state index contributed by atoms with van der Waals surface area (Å²) in [6.07, 6.45) is 0. The van der Waals surface area contributed by atoms with Gasteiger partial charge in [-0.05, 0) is 6.92 Å². The molecular weight excluding hydrogens is 174 g/mol. The topological polar surface area (TPSA) is 42.2 Å². The van der Waals surface area contributed by atoms with Crippen LogP contribution >= 0.6 is 11.8 Å². The van der Waals surface area contributed by atoms with E-state index in [1.807, 2.05) is 6.92 Å². The van der Waals surface area contributed by atoms with E-state index in [4.69, 9.17) is 14.7 Å². The van der Waals surface area contributed by atoms with Crippen LogP contribution in [-0.4, -0.2) is 37.9 Å². The summed E-state index contributed by atoms with van der Waals surface area (Å²) in [5, 5.41) is 8.21. The van der Waals surface area contributed by atoms with Gasteiger partial charge in [0.25, 0.3) is 0 Å². The van der Waals surface area contributed by atoms with E-state index in [1.165, 1.54) is 0 Å². The summed E-state index contributed by atoms with van der Waals surface area (Å²) >= 11 is 1.59. The Bertz CT molecular complexity index is 125. The molecule has 0 aliphatic carbocycles. The number of rotatable bonds is 8. The number of hydrogen-bond acceptors (Lipinski definition) is 4. The molecule has 4 heteroatoms. The van der Waals surface area contributed by atoms with Gasteiger partial charge in [0.15, 0.2) is 0 Å². The molecule has 0 aromatic heterocycles. The summed E-state index contributed by atoms with van der Waals surface area (Å²) in [6.45, 7) is 4.73. The van der Waals surface area contributed by atoms with Gasteiger partial charge in [-0.15, -0.1) is 11.8 Å². The summed E-state index contributed by atoms with van der Waals surface area (Å²) < 4.78 is 10.3. The van der Waals surface area contributed by atoms with Crippen LogP contribution in [0.2, 0.25) is 0 Å².